The molecule has 0 spiro atoms. The molecule has 0 atom stereocenters. The Morgan fingerprint density at radius 3 is 0.741 bits per heavy atom. The molecule has 9 rings (SSSR count). The van der Waals surface area contributed by atoms with Gasteiger partial charge in [0.15, 0.2) is 0 Å². The van der Waals surface area contributed by atoms with Crippen molar-refractivity contribution in [2.24, 2.45) is 0 Å². The molecule has 2 aromatic heterocycles. The van der Waals surface area contributed by atoms with Crippen molar-refractivity contribution in [3.8, 4) is 89.8 Å². The second kappa shape index (κ2) is 14.8. The highest BCUT2D eigenvalue weighted by Gasteiger charge is 2.23. The van der Waals surface area contributed by atoms with Gasteiger partial charge in [-0.1, -0.05) is 146 Å². The molecule has 0 amide bonds. The van der Waals surface area contributed by atoms with Gasteiger partial charge in [0.25, 0.3) is 0 Å². The van der Waals surface area contributed by atoms with Gasteiger partial charge in [-0.3, -0.25) is 0 Å². The number of benzene rings is 7. The lowest BCUT2D eigenvalue weighted by molar-refractivity contribution is 0.582. The van der Waals surface area contributed by atoms with Crippen molar-refractivity contribution in [3.63, 3.8) is 0 Å². The van der Waals surface area contributed by atoms with E-state index in [-0.39, 0.29) is 0 Å². The topological polar surface area (TPSA) is 22.6 Å². The van der Waals surface area contributed by atoms with Gasteiger partial charge in [-0.15, -0.1) is 0 Å². The van der Waals surface area contributed by atoms with Crippen LogP contribution in [0, 0.1) is 0 Å². The first kappa shape index (κ1) is 32.7. The van der Waals surface area contributed by atoms with Crippen LogP contribution >= 0.6 is 0 Å². The Hall–Kier alpha value is -7.16. The van der Waals surface area contributed by atoms with Crippen molar-refractivity contribution < 1.29 is 8.83 Å². The summed E-state index contributed by atoms with van der Waals surface area (Å²) in [6.07, 6.45) is 0. The Balaban J connectivity index is 1.04. The van der Waals surface area contributed by atoms with E-state index in [1.54, 1.807) is 0 Å². The Bertz CT molecular complexity index is 2350. The van der Waals surface area contributed by atoms with E-state index in [4.69, 9.17) is 8.83 Å². The molecule has 2 heteroatoms. The lowest BCUT2D eigenvalue weighted by Crippen LogP contribution is -1.88. The molecule has 0 radical (unpaired) electrons. The summed E-state index contributed by atoms with van der Waals surface area (Å²) in [4.78, 5) is 0. The van der Waals surface area contributed by atoms with Crippen molar-refractivity contribution in [2.45, 2.75) is 0 Å². The molecular formula is C52H36O2+2. The van der Waals surface area contributed by atoms with Gasteiger partial charge in [-0.2, -0.15) is 0 Å². The molecule has 0 aliphatic heterocycles. The molecule has 0 aliphatic rings. The normalized spacial score (nSPS) is 11.0. The Labute approximate surface area is 315 Å². The highest BCUT2D eigenvalue weighted by atomic mass is 16.3. The van der Waals surface area contributed by atoms with Crippen LogP contribution in [0.2, 0.25) is 0 Å². The third-order valence-electron chi connectivity index (χ3n) is 9.80. The third-order valence-corrected chi connectivity index (χ3v) is 9.80. The van der Waals surface area contributed by atoms with Gasteiger partial charge in [0.05, 0.1) is 46.5 Å². The van der Waals surface area contributed by atoms with Crippen molar-refractivity contribution >= 4 is 0 Å². The summed E-state index contributed by atoms with van der Waals surface area (Å²) in [5.41, 5.74) is 13.3. The Morgan fingerprint density at radius 2 is 0.426 bits per heavy atom. The van der Waals surface area contributed by atoms with Crippen LogP contribution in [0.3, 0.4) is 0 Å². The summed E-state index contributed by atoms with van der Waals surface area (Å²) in [6, 6.07) is 76.0. The van der Waals surface area contributed by atoms with E-state index in [1.165, 1.54) is 11.1 Å². The van der Waals surface area contributed by atoms with Gasteiger partial charge in [-0.05, 0) is 81.9 Å². The average Bonchev–Trinajstić information content (AvgIpc) is 3.27. The minimum Gasteiger partial charge on any atom is -0.207 e. The first-order valence-corrected chi connectivity index (χ1v) is 18.2. The maximum Gasteiger partial charge on any atom is 0.361 e. The predicted molar refractivity (Wildman–Crippen MR) is 223 cm³/mol. The van der Waals surface area contributed by atoms with E-state index < -0.39 is 0 Å². The maximum atomic E-state index is 6.56. The highest BCUT2D eigenvalue weighted by molar-refractivity contribution is 5.85. The second-order valence-electron chi connectivity index (χ2n) is 13.3. The van der Waals surface area contributed by atoms with Crippen LogP contribution in [-0.2, 0) is 0 Å². The van der Waals surface area contributed by atoms with Crippen molar-refractivity contribution in [2.75, 3.05) is 0 Å². The average molecular weight is 693 g/mol. The molecule has 2 nitrogen and oxygen atoms in total. The molecule has 0 unspecified atom stereocenters. The van der Waals surface area contributed by atoms with E-state index in [9.17, 15) is 0 Å². The summed E-state index contributed by atoms with van der Waals surface area (Å²) >= 11 is 0. The van der Waals surface area contributed by atoms with Crippen molar-refractivity contribution in [1.29, 1.82) is 0 Å². The van der Waals surface area contributed by atoms with Gasteiger partial charge in [0.1, 0.15) is 0 Å². The molecule has 7 aromatic carbocycles. The van der Waals surface area contributed by atoms with Crippen LogP contribution in [0.15, 0.2) is 227 Å². The molecule has 9 aromatic rings. The molecule has 0 saturated heterocycles. The predicted octanol–water partition coefficient (Wildman–Crippen LogP) is 14.8. The standard InChI is InChI=1S/C52H36O2/c1-5-15-37(16-6-1)45-33-49(41-19-9-3-10-20-41)53-51(35-45)43-29-25-39(26-30-43)47-23-13-14-24-48(47)40-27-31-44(32-28-40)52-36-46(38-17-7-2-8-18-38)34-50(54-52)42-21-11-4-12-22-42/h1-36H/q+2. The summed E-state index contributed by atoms with van der Waals surface area (Å²) in [5, 5.41) is 0. The van der Waals surface area contributed by atoms with Gasteiger partial charge < -0.3 is 0 Å². The van der Waals surface area contributed by atoms with E-state index >= 15 is 0 Å². The monoisotopic (exact) mass is 692 g/mol. The summed E-state index contributed by atoms with van der Waals surface area (Å²) in [5.74, 6) is 3.31. The zero-order chi connectivity index (χ0) is 36.1. The quantitative estimate of drug-likeness (QED) is 0.148. The van der Waals surface area contributed by atoms with E-state index in [2.05, 4.69) is 170 Å². The summed E-state index contributed by atoms with van der Waals surface area (Å²) in [6.45, 7) is 0. The SMILES string of the molecule is c1ccc(-c2cc(-c3ccccc3)[o+]c(-c3ccc(-c4ccccc4-c4ccc(-c5cc(-c6ccccc6)cc(-c6ccccc6)[o+]5)cc4)cc3)c2)cc1. The summed E-state index contributed by atoms with van der Waals surface area (Å²) < 4.78 is 13.1. The maximum absolute atomic E-state index is 6.56. The first-order chi connectivity index (χ1) is 26.7. The fourth-order valence-electron chi connectivity index (χ4n) is 6.99. The van der Waals surface area contributed by atoms with Crippen LogP contribution in [0.25, 0.3) is 89.8 Å². The van der Waals surface area contributed by atoms with Crippen LogP contribution in [-0.4, -0.2) is 0 Å². The van der Waals surface area contributed by atoms with E-state index in [0.29, 0.717) is 0 Å². The third kappa shape index (κ3) is 6.89. The zero-order valence-electron chi connectivity index (χ0n) is 29.6. The molecule has 0 fully saturated rings. The molecule has 0 aliphatic carbocycles. The van der Waals surface area contributed by atoms with Crippen LogP contribution in [0.1, 0.15) is 0 Å². The minimum atomic E-state index is 0.822. The largest absolute Gasteiger partial charge is 0.361 e. The molecule has 0 saturated carbocycles. The fraction of sp³-hybridized carbons (Fsp3) is 0. The minimum absolute atomic E-state index is 0.822. The Kier molecular flexibility index (Phi) is 8.99. The molecule has 54 heavy (non-hydrogen) atoms. The lowest BCUT2D eigenvalue weighted by Gasteiger charge is -2.11. The van der Waals surface area contributed by atoms with Gasteiger partial charge in [0.2, 0.25) is 0 Å². The smallest absolute Gasteiger partial charge is 0.207 e. The molecule has 2 heterocycles. The van der Waals surface area contributed by atoms with Crippen LogP contribution in [0.5, 0.6) is 0 Å². The lowest BCUT2D eigenvalue weighted by atomic mass is 9.93. The van der Waals surface area contributed by atoms with E-state index in [0.717, 1.165) is 78.7 Å². The molecule has 0 bridgehead atoms. The number of hydrogen-bond acceptors (Lipinski definition) is 0. The zero-order valence-corrected chi connectivity index (χ0v) is 29.6. The van der Waals surface area contributed by atoms with Crippen molar-refractivity contribution in [3.05, 3.63) is 218 Å². The molecule has 0 N–H and O–H groups in total. The van der Waals surface area contributed by atoms with Crippen LogP contribution in [0.4, 0.5) is 0 Å². The van der Waals surface area contributed by atoms with Crippen LogP contribution < -0.4 is 0 Å². The molecule has 254 valence electrons. The number of rotatable bonds is 8. The highest BCUT2D eigenvalue weighted by Crippen LogP contribution is 2.38. The van der Waals surface area contributed by atoms with Gasteiger partial charge >= 0.3 is 23.0 Å². The van der Waals surface area contributed by atoms with Gasteiger partial charge in [-0.25, -0.2) is 8.83 Å². The second-order valence-corrected chi connectivity index (χ2v) is 13.3. The number of hydrogen-bond donors (Lipinski definition) is 0. The molecular weight excluding hydrogens is 657 g/mol. The van der Waals surface area contributed by atoms with E-state index in [1.807, 2.05) is 48.5 Å². The summed E-state index contributed by atoms with van der Waals surface area (Å²) in [7, 11) is 0. The Morgan fingerprint density at radius 1 is 0.185 bits per heavy atom. The first-order valence-electron chi connectivity index (χ1n) is 18.2. The fourth-order valence-corrected chi connectivity index (χ4v) is 6.99. The van der Waals surface area contributed by atoms with Gasteiger partial charge in [0, 0.05) is 11.1 Å². The van der Waals surface area contributed by atoms with Crippen molar-refractivity contribution in [1.82, 2.24) is 0 Å².